The molecule has 3 rings (SSSR count). The molecule has 0 aliphatic heterocycles. The van der Waals surface area contributed by atoms with E-state index in [1.54, 1.807) is 12.1 Å². The fourth-order valence-corrected chi connectivity index (χ4v) is 2.46. The summed E-state index contributed by atoms with van der Waals surface area (Å²) < 4.78 is 13.0. The minimum atomic E-state index is -1.27. The van der Waals surface area contributed by atoms with Crippen LogP contribution >= 0.6 is 0 Å². The Morgan fingerprint density at radius 2 is 1.38 bits per heavy atom. The molecule has 3 aromatic carbocycles. The van der Waals surface area contributed by atoms with Gasteiger partial charge in [0.2, 0.25) is 0 Å². The molecule has 0 N–H and O–H groups in total. The van der Waals surface area contributed by atoms with Gasteiger partial charge in [-0.2, -0.15) is 0 Å². The molecule has 0 saturated carbocycles. The molecule has 0 saturated heterocycles. The summed E-state index contributed by atoms with van der Waals surface area (Å²) >= 11 is 0. The predicted molar refractivity (Wildman–Crippen MR) is 91.2 cm³/mol. The number of hydrogen-bond acceptors (Lipinski definition) is 2. The van der Waals surface area contributed by atoms with Gasteiger partial charge in [-0.1, -0.05) is 66.7 Å². The number of carboxylic acid groups (broad SMARTS) is 1. The van der Waals surface area contributed by atoms with Gasteiger partial charge in [0.25, 0.3) is 0 Å². The van der Waals surface area contributed by atoms with E-state index in [-0.39, 0.29) is 11.4 Å². The van der Waals surface area contributed by atoms with E-state index in [1.807, 2.05) is 42.5 Å². The van der Waals surface area contributed by atoms with Crippen LogP contribution < -0.4 is 5.11 Å². The molecule has 3 aromatic rings. The maximum atomic E-state index is 13.0. The van der Waals surface area contributed by atoms with Crippen LogP contribution in [0.3, 0.4) is 0 Å². The first-order valence-corrected chi connectivity index (χ1v) is 7.48. The largest absolute Gasteiger partial charge is 0.545 e. The van der Waals surface area contributed by atoms with E-state index >= 15 is 0 Å². The zero-order chi connectivity index (χ0) is 16.9. The van der Waals surface area contributed by atoms with Gasteiger partial charge in [-0.25, -0.2) is 4.39 Å². The van der Waals surface area contributed by atoms with Crippen molar-refractivity contribution >= 4 is 17.6 Å². The molecule has 0 bridgehead atoms. The second-order valence-corrected chi connectivity index (χ2v) is 5.34. The van der Waals surface area contributed by atoms with Crippen molar-refractivity contribution in [1.29, 1.82) is 0 Å². The molecule has 0 atom stereocenters. The van der Waals surface area contributed by atoms with Gasteiger partial charge >= 0.3 is 0 Å². The van der Waals surface area contributed by atoms with Crippen molar-refractivity contribution in [2.75, 3.05) is 0 Å². The van der Waals surface area contributed by atoms with Crippen LogP contribution in [0, 0.1) is 5.82 Å². The Morgan fingerprint density at radius 3 is 1.96 bits per heavy atom. The van der Waals surface area contributed by atoms with Crippen molar-refractivity contribution in [3.63, 3.8) is 0 Å². The number of hydrogen-bond donors (Lipinski definition) is 0. The summed E-state index contributed by atoms with van der Waals surface area (Å²) in [5.74, 6) is -1.64. The van der Waals surface area contributed by atoms with E-state index in [2.05, 4.69) is 0 Å². The molecule has 0 aliphatic rings. The van der Waals surface area contributed by atoms with E-state index < -0.39 is 5.97 Å². The first-order chi connectivity index (χ1) is 11.6. The minimum Gasteiger partial charge on any atom is -0.545 e. The van der Waals surface area contributed by atoms with Crippen LogP contribution in [0.15, 0.2) is 78.9 Å². The summed E-state index contributed by atoms with van der Waals surface area (Å²) in [5.41, 5.74) is 3.25. The van der Waals surface area contributed by atoms with Crippen molar-refractivity contribution in [2.45, 2.75) is 0 Å². The number of rotatable bonds is 4. The summed E-state index contributed by atoms with van der Waals surface area (Å²) in [5, 5.41) is 11.5. The van der Waals surface area contributed by atoms with Crippen LogP contribution in [-0.2, 0) is 4.79 Å². The fourth-order valence-electron chi connectivity index (χ4n) is 2.46. The normalized spacial score (nSPS) is 11.3. The first kappa shape index (κ1) is 15.7. The molecule has 118 valence electrons. The molecule has 0 aliphatic carbocycles. The number of halogens is 1. The van der Waals surface area contributed by atoms with Gasteiger partial charge in [-0.15, -0.1) is 0 Å². The Kier molecular flexibility index (Phi) is 4.52. The third-order valence-electron chi connectivity index (χ3n) is 3.70. The summed E-state index contributed by atoms with van der Waals surface area (Å²) in [6.07, 6.45) is 1.48. The molecule has 0 fully saturated rings. The summed E-state index contributed by atoms with van der Waals surface area (Å²) in [4.78, 5) is 11.5. The van der Waals surface area contributed by atoms with E-state index in [0.717, 1.165) is 11.1 Å². The van der Waals surface area contributed by atoms with Crippen LogP contribution in [0.25, 0.3) is 22.8 Å². The van der Waals surface area contributed by atoms with Gasteiger partial charge in [0.05, 0.1) is 5.97 Å². The first-order valence-electron chi connectivity index (χ1n) is 7.48. The number of carboxylic acids is 1. The molecule has 3 heteroatoms. The lowest BCUT2D eigenvalue weighted by Crippen LogP contribution is -2.23. The lowest BCUT2D eigenvalue weighted by molar-refractivity contribution is -0.295. The van der Waals surface area contributed by atoms with Crippen LogP contribution in [0.1, 0.15) is 11.1 Å². The van der Waals surface area contributed by atoms with Gasteiger partial charge < -0.3 is 9.90 Å². The molecule has 0 unspecified atom stereocenters. The molecular formula is C21H14FO2-. The van der Waals surface area contributed by atoms with Crippen LogP contribution in [-0.4, -0.2) is 5.97 Å². The standard InChI is InChI=1S/C21H15FO2/c22-19-12-6-15(7-13-19)14-20(21(23)24)18-10-8-17(9-11-18)16-4-2-1-3-5-16/h1-14H,(H,23,24)/p-1. The Hall–Kier alpha value is -3.20. The fraction of sp³-hybridized carbons (Fsp3) is 0. The van der Waals surface area contributed by atoms with Gasteiger partial charge in [0.15, 0.2) is 0 Å². The van der Waals surface area contributed by atoms with Crippen molar-refractivity contribution in [2.24, 2.45) is 0 Å². The molecule has 0 heterocycles. The molecule has 0 spiro atoms. The molecule has 2 nitrogen and oxygen atoms in total. The van der Waals surface area contributed by atoms with E-state index in [1.165, 1.54) is 30.3 Å². The van der Waals surface area contributed by atoms with Crippen LogP contribution in [0.5, 0.6) is 0 Å². The molecule has 24 heavy (non-hydrogen) atoms. The maximum Gasteiger partial charge on any atom is 0.123 e. The smallest absolute Gasteiger partial charge is 0.123 e. The molecule has 0 amide bonds. The highest BCUT2D eigenvalue weighted by Crippen LogP contribution is 2.23. The number of benzene rings is 3. The zero-order valence-corrected chi connectivity index (χ0v) is 12.8. The summed E-state index contributed by atoms with van der Waals surface area (Å²) in [6.45, 7) is 0. The summed E-state index contributed by atoms with van der Waals surface area (Å²) in [6, 6.07) is 22.7. The maximum absolute atomic E-state index is 13.0. The van der Waals surface area contributed by atoms with Gasteiger partial charge in [-0.05, 0) is 40.5 Å². The van der Waals surface area contributed by atoms with Crippen molar-refractivity contribution in [3.05, 3.63) is 95.8 Å². The topological polar surface area (TPSA) is 40.1 Å². The van der Waals surface area contributed by atoms with Gasteiger partial charge in [0, 0.05) is 5.57 Å². The van der Waals surface area contributed by atoms with Gasteiger partial charge in [-0.3, -0.25) is 0 Å². The number of carbonyl (C=O) groups excluding carboxylic acids is 1. The van der Waals surface area contributed by atoms with Gasteiger partial charge in [0.1, 0.15) is 5.82 Å². The van der Waals surface area contributed by atoms with E-state index in [9.17, 15) is 14.3 Å². The third-order valence-corrected chi connectivity index (χ3v) is 3.70. The SMILES string of the molecule is O=C([O-])C(=Cc1ccc(F)cc1)c1ccc(-c2ccccc2)cc1. The lowest BCUT2D eigenvalue weighted by Gasteiger charge is -2.10. The van der Waals surface area contributed by atoms with Crippen molar-refractivity contribution in [1.82, 2.24) is 0 Å². The molecular weight excluding hydrogens is 303 g/mol. The molecule has 0 radical (unpaired) electrons. The minimum absolute atomic E-state index is 0.0567. The van der Waals surface area contributed by atoms with Crippen LogP contribution in [0.4, 0.5) is 4.39 Å². The highest BCUT2D eigenvalue weighted by molar-refractivity contribution is 6.19. The van der Waals surface area contributed by atoms with E-state index in [0.29, 0.717) is 11.1 Å². The highest BCUT2D eigenvalue weighted by atomic mass is 19.1. The van der Waals surface area contributed by atoms with E-state index in [4.69, 9.17) is 0 Å². The average molecular weight is 317 g/mol. The third kappa shape index (κ3) is 3.58. The predicted octanol–water partition coefficient (Wildman–Crippen LogP) is 3.78. The second-order valence-electron chi connectivity index (χ2n) is 5.34. The number of aliphatic carboxylic acids is 1. The Morgan fingerprint density at radius 1 is 0.792 bits per heavy atom. The lowest BCUT2D eigenvalue weighted by atomic mass is 9.99. The Bertz CT molecular complexity index is 864. The Balaban J connectivity index is 1.95. The molecule has 0 aromatic heterocycles. The number of carbonyl (C=O) groups is 1. The quantitative estimate of drug-likeness (QED) is 0.543. The van der Waals surface area contributed by atoms with Crippen LogP contribution in [0.2, 0.25) is 0 Å². The van der Waals surface area contributed by atoms with Crippen molar-refractivity contribution < 1.29 is 14.3 Å². The summed E-state index contributed by atoms with van der Waals surface area (Å²) in [7, 11) is 0. The monoisotopic (exact) mass is 317 g/mol. The highest BCUT2D eigenvalue weighted by Gasteiger charge is 2.05. The zero-order valence-electron chi connectivity index (χ0n) is 12.8. The second kappa shape index (κ2) is 6.92. The average Bonchev–Trinajstić information content (AvgIpc) is 2.62. The Labute approximate surface area is 139 Å². The van der Waals surface area contributed by atoms with Crippen molar-refractivity contribution in [3.8, 4) is 11.1 Å².